The molecule has 1 saturated heterocycles. The van der Waals surface area contributed by atoms with Crippen molar-refractivity contribution < 1.29 is 9.90 Å². The molecule has 0 atom stereocenters. The summed E-state index contributed by atoms with van der Waals surface area (Å²) in [5.41, 5.74) is 1.21. The van der Waals surface area contributed by atoms with E-state index < -0.39 is 0 Å². The lowest BCUT2D eigenvalue weighted by Gasteiger charge is -2.29. The maximum atomic E-state index is 10.6. The average molecular weight is 219 g/mol. The van der Waals surface area contributed by atoms with E-state index in [4.69, 9.17) is 0 Å². The van der Waals surface area contributed by atoms with Crippen LogP contribution in [0.4, 0.5) is 0 Å². The second-order valence-electron chi connectivity index (χ2n) is 4.42. The zero-order valence-corrected chi connectivity index (χ0v) is 9.30. The number of carbonyl (C=O) groups is 1. The smallest absolute Gasteiger partial charge is 0.123 e. The fourth-order valence-electron chi connectivity index (χ4n) is 2.11. The van der Waals surface area contributed by atoms with Gasteiger partial charge in [-0.2, -0.15) is 0 Å². The van der Waals surface area contributed by atoms with Gasteiger partial charge in [-0.1, -0.05) is 12.1 Å². The number of aromatic hydroxyl groups is 1. The number of rotatable bonds is 3. The lowest BCUT2D eigenvalue weighted by Crippen LogP contribution is -2.33. The number of carbonyl (C=O) groups excluding carboxylic acids is 1. The van der Waals surface area contributed by atoms with Gasteiger partial charge in [0.2, 0.25) is 0 Å². The Balaban J connectivity index is 1.86. The van der Waals surface area contributed by atoms with Gasteiger partial charge in [0.1, 0.15) is 12.0 Å². The largest absolute Gasteiger partial charge is 0.508 e. The number of benzene rings is 1. The highest BCUT2D eigenvalue weighted by Gasteiger charge is 2.18. The van der Waals surface area contributed by atoms with Crippen LogP contribution in [0.15, 0.2) is 24.3 Å². The minimum Gasteiger partial charge on any atom is -0.508 e. The van der Waals surface area contributed by atoms with Gasteiger partial charge in [-0.05, 0) is 43.6 Å². The topological polar surface area (TPSA) is 40.5 Å². The Hall–Kier alpha value is -1.35. The van der Waals surface area contributed by atoms with Crippen molar-refractivity contribution in [3.8, 4) is 5.75 Å². The molecule has 3 nitrogen and oxygen atoms in total. The molecule has 1 N–H and O–H groups in total. The maximum Gasteiger partial charge on any atom is 0.123 e. The quantitative estimate of drug-likeness (QED) is 0.788. The lowest BCUT2D eigenvalue weighted by atomic mass is 9.98. The predicted molar refractivity (Wildman–Crippen MR) is 62.2 cm³/mol. The Morgan fingerprint density at radius 1 is 1.25 bits per heavy atom. The highest BCUT2D eigenvalue weighted by atomic mass is 16.3. The molecular formula is C13H17NO2. The molecule has 1 aliphatic rings. The van der Waals surface area contributed by atoms with Gasteiger partial charge in [-0.3, -0.25) is 4.90 Å². The van der Waals surface area contributed by atoms with Gasteiger partial charge in [-0.25, -0.2) is 0 Å². The molecule has 16 heavy (non-hydrogen) atoms. The van der Waals surface area contributed by atoms with Gasteiger partial charge in [0.25, 0.3) is 0 Å². The molecule has 0 saturated carbocycles. The Labute approximate surface area is 95.7 Å². The summed E-state index contributed by atoms with van der Waals surface area (Å²) in [6, 6.07) is 7.32. The third-order valence-electron chi connectivity index (χ3n) is 3.17. The number of likely N-dealkylation sites (tertiary alicyclic amines) is 1. The molecule has 1 aromatic rings. The van der Waals surface area contributed by atoms with Crippen LogP contribution in [0, 0.1) is 5.92 Å². The highest BCUT2D eigenvalue weighted by Crippen LogP contribution is 2.18. The van der Waals surface area contributed by atoms with Crippen LogP contribution in [-0.2, 0) is 11.3 Å². The van der Waals surface area contributed by atoms with E-state index in [1.54, 1.807) is 12.1 Å². The van der Waals surface area contributed by atoms with Crippen LogP contribution >= 0.6 is 0 Å². The molecule has 0 radical (unpaired) electrons. The van der Waals surface area contributed by atoms with E-state index in [0.717, 1.165) is 38.8 Å². The van der Waals surface area contributed by atoms with Crippen LogP contribution in [0.25, 0.3) is 0 Å². The van der Waals surface area contributed by atoms with Crippen molar-refractivity contribution in [3.05, 3.63) is 29.8 Å². The van der Waals surface area contributed by atoms with E-state index in [1.165, 1.54) is 5.56 Å². The summed E-state index contributed by atoms with van der Waals surface area (Å²) < 4.78 is 0. The second kappa shape index (κ2) is 5.12. The number of nitrogens with zero attached hydrogens (tertiary/aromatic N) is 1. The Kier molecular flexibility index (Phi) is 3.57. The summed E-state index contributed by atoms with van der Waals surface area (Å²) in [5.74, 6) is 0.569. The van der Waals surface area contributed by atoms with E-state index in [9.17, 15) is 9.90 Å². The van der Waals surface area contributed by atoms with E-state index >= 15 is 0 Å². The fraction of sp³-hybridized carbons (Fsp3) is 0.462. The number of piperidine rings is 1. The SMILES string of the molecule is O=CC1CCN(Cc2ccc(O)cc2)CC1. The van der Waals surface area contributed by atoms with Crippen LogP contribution < -0.4 is 0 Å². The summed E-state index contributed by atoms with van der Waals surface area (Å²) in [6.07, 6.45) is 3.03. The number of hydrogen-bond acceptors (Lipinski definition) is 3. The lowest BCUT2D eigenvalue weighted by molar-refractivity contribution is -0.112. The van der Waals surface area contributed by atoms with Gasteiger partial charge < -0.3 is 9.90 Å². The van der Waals surface area contributed by atoms with Crippen molar-refractivity contribution in [1.29, 1.82) is 0 Å². The van der Waals surface area contributed by atoms with Crippen molar-refractivity contribution in [1.82, 2.24) is 4.90 Å². The minimum absolute atomic E-state index is 0.260. The predicted octanol–water partition coefficient (Wildman–Crippen LogP) is 1.80. The first-order valence-corrected chi connectivity index (χ1v) is 5.73. The molecule has 3 heteroatoms. The minimum atomic E-state index is 0.260. The van der Waals surface area contributed by atoms with Gasteiger partial charge in [-0.15, -0.1) is 0 Å². The molecule has 2 rings (SSSR count). The standard InChI is InChI=1S/C13H17NO2/c15-10-12-5-7-14(8-6-12)9-11-1-3-13(16)4-2-11/h1-4,10,12,16H,5-9H2. The summed E-state index contributed by atoms with van der Waals surface area (Å²) in [7, 11) is 0. The molecular weight excluding hydrogens is 202 g/mol. The van der Waals surface area contributed by atoms with Gasteiger partial charge in [0.15, 0.2) is 0 Å². The van der Waals surface area contributed by atoms with Gasteiger partial charge >= 0.3 is 0 Å². The monoisotopic (exact) mass is 219 g/mol. The number of hydrogen-bond donors (Lipinski definition) is 1. The molecule has 0 bridgehead atoms. The zero-order chi connectivity index (χ0) is 11.4. The van der Waals surface area contributed by atoms with Crippen molar-refractivity contribution >= 4 is 6.29 Å². The molecule has 0 spiro atoms. The molecule has 0 amide bonds. The van der Waals surface area contributed by atoms with Crippen LogP contribution in [0.5, 0.6) is 5.75 Å². The fourth-order valence-corrected chi connectivity index (χ4v) is 2.11. The van der Waals surface area contributed by atoms with Gasteiger partial charge in [0.05, 0.1) is 0 Å². The molecule has 0 unspecified atom stereocenters. The van der Waals surface area contributed by atoms with Crippen LogP contribution in [0.3, 0.4) is 0 Å². The molecule has 0 aliphatic carbocycles. The zero-order valence-electron chi connectivity index (χ0n) is 9.30. The van der Waals surface area contributed by atoms with E-state index in [0.29, 0.717) is 5.75 Å². The van der Waals surface area contributed by atoms with Crippen LogP contribution in [0.1, 0.15) is 18.4 Å². The first kappa shape index (κ1) is 11.1. The molecule has 1 aliphatic heterocycles. The first-order valence-electron chi connectivity index (χ1n) is 5.73. The third-order valence-corrected chi connectivity index (χ3v) is 3.17. The van der Waals surface area contributed by atoms with Crippen LogP contribution in [-0.4, -0.2) is 29.4 Å². The van der Waals surface area contributed by atoms with E-state index in [-0.39, 0.29) is 5.92 Å². The number of aldehydes is 1. The Morgan fingerprint density at radius 2 is 1.88 bits per heavy atom. The van der Waals surface area contributed by atoms with Crippen molar-refractivity contribution in [2.45, 2.75) is 19.4 Å². The second-order valence-corrected chi connectivity index (χ2v) is 4.42. The Bertz CT molecular complexity index is 339. The number of phenols is 1. The van der Waals surface area contributed by atoms with E-state index in [2.05, 4.69) is 4.90 Å². The summed E-state index contributed by atoms with van der Waals surface area (Å²) in [6.45, 7) is 2.89. The molecule has 1 aromatic carbocycles. The highest BCUT2D eigenvalue weighted by molar-refractivity contribution is 5.53. The van der Waals surface area contributed by atoms with Crippen molar-refractivity contribution in [3.63, 3.8) is 0 Å². The van der Waals surface area contributed by atoms with E-state index in [1.807, 2.05) is 12.1 Å². The third kappa shape index (κ3) is 2.83. The molecule has 86 valence electrons. The summed E-state index contributed by atoms with van der Waals surface area (Å²) >= 11 is 0. The molecule has 1 heterocycles. The molecule has 0 aromatic heterocycles. The van der Waals surface area contributed by atoms with Crippen LogP contribution in [0.2, 0.25) is 0 Å². The van der Waals surface area contributed by atoms with Crippen molar-refractivity contribution in [2.75, 3.05) is 13.1 Å². The summed E-state index contributed by atoms with van der Waals surface area (Å²) in [4.78, 5) is 13.0. The Morgan fingerprint density at radius 3 is 2.44 bits per heavy atom. The first-order chi connectivity index (χ1) is 7.78. The average Bonchev–Trinajstić information content (AvgIpc) is 2.33. The van der Waals surface area contributed by atoms with Gasteiger partial charge in [0, 0.05) is 12.5 Å². The normalized spacial score (nSPS) is 18.5. The molecule has 1 fully saturated rings. The maximum absolute atomic E-state index is 10.6. The summed E-state index contributed by atoms with van der Waals surface area (Å²) in [5, 5.41) is 9.18. The number of phenolic OH excluding ortho intramolecular Hbond substituents is 1. The van der Waals surface area contributed by atoms with Crippen molar-refractivity contribution in [2.24, 2.45) is 5.92 Å².